The van der Waals surface area contributed by atoms with E-state index in [-0.39, 0.29) is 22.6 Å². The van der Waals surface area contributed by atoms with Crippen molar-refractivity contribution >= 4 is 50.2 Å². The zero-order valence-corrected chi connectivity index (χ0v) is 22.2. The predicted octanol–water partition coefficient (Wildman–Crippen LogP) is 8.70. The molecule has 1 aromatic heterocycles. The lowest BCUT2D eigenvalue weighted by Crippen LogP contribution is -2.10. The third-order valence-electron chi connectivity index (χ3n) is 7.86. The molecule has 3 heteroatoms. The molecule has 7 rings (SSSR count). The Labute approximate surface area is 227 Å². The molecule has 0 radical (unpaired) electrons. The van der Waals surface area contributed by atoms with Gasteiger partial charge in [-0.15, -0.1) is 0 Å². The lowest BCUT2D eigenvalue weighted by molar-refractivity contribution is 0.0990. The largest absolute Gasteiger partial charge is 0.309 e. The maximum Gasteiger partial charge on any atom is 0.197 e. The summed E-state index contributed by atoms with van der Waals surface area (Å²) in [6, 6.07) is 34.8. The van der Waals surface area contributed by atoms with Crippen LogP contribution in [-0.4, -0.2) is 16.1 Å². The van der Waals surface area contributed by atoms with Crippen molar-refractivity contribution in [3.8, 4) is 5.69 Å². The van der Waals surface area contributed by atoms with Gasteiger partial charge >= 0.3 is 0 Å². The number of Topliss-reactive ketones (excluding diaryl/α,β-unsaturated/α-hetero) is 2. The first kappa shape index (κ1) is 23.4. The normalized spacial score (nSPS) is 13.6. The average molecular weight is 506 g/mol. The zero-order chi connectivity index (χ0) is 26.9. The van der Waals surface area contributed by atoms with Gasteiger partial charge in [0.15, 0.2) is 11.6 Å². The molecule has 0 N–H and O–H groups in total. The Morgan fingerprint density at radius 2 is 1.21 bits per heavy atom. The van der Waals surface area contributed by atoms with Crippen LogP contribution < -0.4 is 0 Å². The van der Waals surface area contributed by atoms with Crippen LogP contribution in [-0.2, 0) is 5.41 Å². The number of hydrogen-bond donors (Lipinski definition) is 0. The molecule has 0 bridgehead atoms. The van der Waals surface area contributed by atoms with Gasteiger partial charge in [-0.1, -0.05) is 81.4 Å². The number of ketones is 2. The van der Waals surface area contributed by atoms with Crippen molar-refractivity contribution in [2.24, 2.45) is 0 Å². The summed E-state index contributed by atoms with van der Waals surface area (Å²) in [4.78, 5) is 26.7. The molecule has 5 aromatic carbocycles. The smallest absolute Gasteiger partial charge is 0.197 e. The Morgan fingerprint density at radius 1 is 0.615 bits per heavy atom. The first-order valence-electron chi connectivity index (χ1n) is 13.3. The minimum absolute atomic E-state index is 0.0866. The number of allylic oxidation sites excluding steroid dienone is 1. The second-order valence-corrected chi connectivity index (χ2v) is 11.4. The molecule has 188 valence electrons. The summed E-state index contributed by atoms with van der Waals surface area (Å²) < 4.78 is 2.28. The SMILES string of the molecule is CC(C)(C)c1ccc(-n2c3ccccc3c3cc(C=C4C(=O)c5cc6ccccc6cc5C4=O)ccc32)cc1. The van der Waals surface area contributed by atoms with E-state index in [1.54, 1.807) is 6.08 Å². The number of fused-ring (bicyclic) bond motifs is 5. The van der Waals surface area contributed by atoms with Crippen LogP contribution in [0.3, 0.4) is 0 Å². The molecule has 0 fully saturated rings. The van der Waals surface area contributed by atoms with Gasteiger partial charge in [-0.2, -0.15) is 0 Å². The predicted molar refractivity (Wildman–Crippen MR) is 160 cm³/mol. The Hall–Kier alpha value is -4.76. The molecule has 3 nitrogen and oxygen atoms in total. The molecule has 1 heterocycles. The van der Waals surface area contributed by atoms with Crippen LogP contribution in [0.2, 0.25) is 0 Å². The van der Waals surface area contributed by atoms with Gasteiger partial charge in [0.05, 0.1) is 16.6 Å². The first-order valence-corrected chi connectivity index (χ1v) is 13.3. The quantitative estimate of drug-likeness (QED) is 0.174. The Morgan fingerprint density at radius 3 is 1.85 bits per heavy atom. The first-order chi connectivity index (χ1) is 18.8. The van der Waals surface area contributed by atoms with Gasteiger partial charge in [0.1, 0.15) is 0 Å². The van der Waals surface area contributed by atoms with E-state index in [2.05, 4.69) is 79.9 Å². The van der Waals surface area contributed by atoms with E-state index >= 15 is 0 Å². The van der Waals surface area contributed by atoms with Crippen molar-refractivity contribution in [1.29, 1.82) is 0 Å². The number of para-hydroxylation sites is 1. The fourth-order valence-electron chi connectivity index (χ4n) is 5.78. The number of benzene rings is 5. The van der Waals surface area contributed by atoms with E-state index in [1.807, 2.05) is 48.5 Å². The molecule has 39 heavy (non-hydrogen) atoms. The van der Waals surface area contributed by atoms with Crippen LogP contribution in [0.25, 0.3) is 44.3 Å². The van der Waals surface area contributed by atoms with E-state index in [9.17, 15) is 9.59 Å². The number of carbonyl (C=O) groups is 2. The summed E-state index contributed by atoms with van der Waals surface area (Å²) in [6.45, 7) is 6.66. The van der Waals surface area contributed by atoms with Crippen molar-refractivity contribution in [3.63, 3.8) is 0 Å². The molecule has 0 aliphatic heterocycles. The molecule has 0 saturated heterocycles. The van der Waals surface area contributed by atoms with Crippen molar-refractivity contribution in [2.75, 3.05) is 0 Å². The molecule has 0 unspecified atom stereocenters. The summed E-state index contributed by atoms with van der Waals surface area (Å²) in [5.74, 6) is -0.413. The molecule has 1 aliphatic carbocycles. The monoisotopic (exact) mass is 505 g/mol. The van der Waals surface area contributed by atoms with Gasteiger partial charge in [-0.05, 0) is 75.9 Å². The fourth-order valence-corrected chi connectivity index (χ4v) is 5.78. The van der Waals surface area contributed by atoms with Gasteiger partial charge < -0.3 is 4.57 Å². The summed E-state index contributed by atoms with van der Waals surface area (Å²) in [5.41, 5.74) is 6.72. The zero-order valence-electron chi connectivity index (χ0n) is 22.2. The molecule has 0 spiro atoms. The van der Waals surface area contributed by atoms with Gasteiger partial charge in [0.25, 0.3) is 0 Å². The minimum atomic E-state index is -0.206. The van der Waals surface area contributed by atoms with Crippen LogP contribution in [0.4, 0.5) is 0 Å². The molecule has 0 amide bonds. The standard InChI is InChI=1S/C36H27NO2/c1-36(2,3)25-13-15-26(16-14-25)37-32-11-7-6-10-27(32)28-18-22(12-17-33(28)37)19-31-34(38)29-20-23-8-4-5-9-24(23)21-30(29)35(31)39/h4-21H,1-3H3. The van der Waals surface area contributed by atoms with Gasteiger partial charge in [0.2, 0.25) is 0 Å². The Bertz CT molecular complexity index is 1960. The average Bonchev–Trinajstić information content (AvgIpc) is 3.38. The van der Waals surface area contributed by atoms with Crippen LogP contribution in [0.1, 0.15) is 52.6 Å². The fraction of sp³-hybridized carbons (Fsp3) is 0.111. The number of hydrogen-bond acceptors (Lipinski definition) is 2. The highest BCUT2D eigenvalue weighted by Gasteiger charge is 2.33. The van der Waals surface area contributed by atoms with E-state index < -0.39 is 0 Å². The molecular weight excluding hydrogens is 478 g/mol. The second-order valence-electron chi connectivity index (χ2n) is 11.4. The van der Waals surface area contributed by atoms with Crippen molar-refractivity contribution in [2.45, 2.75) is 26.2 Å². The van der Waals surface area contributed by atoms with E-state index in [4.69, 9.17) is 0 Å². The van der Waals surface area contributed by atoms with Crippen LogP contribution in [0.5, 0.6) is 0 Å². The number of carbonyl (C=O) groups excluding carboxylic acids is 2. The minimum Gasteiger partial charge on any atom is -0.309 e. The van der Waals surface area contributed by atoms with Crippen molar-refractivity contribution in [3.05, 3.63) is 131 Å². The van der Waals surface area contributed by atoms with E-state index in [0.717, 1.165) is 43.8 Å². The van der Waals surface area contributed by atoms with Gasteiger partial charge in [0, 0.05) is 27.6 Å². The van der Waals surface area contributed by atoms with Crippen LogP contribution in [0, 0.1) is 0 Å². The third kappa shape index (κ3) is 3.65. The highest BCUT2D eigenvalue weighted by atomic mass is 16.2. The Balaban J connectivity index is 1.35. The highest BCUT2D eigenvalue weighted by Crippen LogP contribution is 2.35. The van der Waals surface area contributed by atoms with Crippen LogP contribution in [0.15, 0.2) is 109 Å². The summed E-state index contributed by atoms with van der Waals surface area (Å²) in [6.07, 6.45) is 1.75. The van der Waals surface area contributed by atoms with Crippen molar-refractivity contribution in [1.82, 2.24) is 4.57 Å². The van der Waals surface area contributed by atoms with E-state index in [1.165, 1.54) is 5.56 Å². The summed E-state index contributed by atoms with van der Waals surface area (Å²) in [7, 11) is 0. The molecule has 0 atom stereocenters. The number of rotatable bonds is 2. The topological polar surface area (TPSA) is 39.1 Å². The van der Waals surface area contributed by atoms with Crippen LogP contribution >= 0.6 is 0 Å². The maximum atomic E-state index is 13.3. The summed E-state index contributed by atoms with van der Waals surface area (Å²) in [5, 5.41) is 4.14. The number of nitrogens with zero attached hydrogens (tertiary/aromatic N) is 1. The van der Waals surface area contributed by atoms with Gasteiger partial charge in [-0.3, -0.25) is 9.59 Å². The third-order valence-corrected chi connectivity index (χ3v) is 7.86. The number of aromatic nitrogens is 1. The van der Waals surface area contributed by atoms with Gasteiger partial charge in [-0.25, -0.2) is 0 Å². The molecular formula is C36H27NO2. The maximum absolute atomic E-state index is 13.3. The summed E-state index contributed by atoms with van der Waals surface area (Å²) >= 11 is 0. The lowest BCUT2D eigenvalue weighted by Gasteiger charge is -2.19. The molecule has 6 aromatic rings. The molecule has 0 saturated carbocycles. The van der Waals surface area contributed by atoms with E-state index in [0.29, 0.717) is 11.1 Å². The Kier molecular flexibility index (Phi) is 5.02. The lowest BCUT2D eigenvalue weighted by atomic mass is 9.87. The molecule has 1 aliphatic rings. The second kappa shape index (κ2) is 8.37. The van der Waals surface area contributed by atoms with Crippen molar-refractivity contribution < 1.29 is 9.59 Å². The highest BCUT2D eigenvalue weighted by molar-refractivity contribution is 6.42.